The van der Waals surface area contributed by atoms with Gasteiger partial charge >= 0.3 is 5.97 Å². The molecule has 0 aromatic heterocycles. The molecule has 6 nitrogen and oxygen atoms in total. The smallest absolute Gasteiger partial charge is 0.305 e. The molecule has 74 heavy (non-hydrogen) atoms. The molecule has 0 rings (SSSR count). The van der Waals surface area contributed by atoms with Crippen LogP contribution in [0.1, 0.15) is 361 Å². The molecule has 0 aliphatic carbocycles. The number of aliphatic hydroxyl groups excluding tert-OH is 2. The summed E-state index contributed by atoms with van der Waals surface area (Å²) in [5.74, 6) is -0.0735. The number of unbranched alkanes of at least 4 members (excludes halogenated alkanes) is 47. The maximum atomic E-state index is 12.5. The molecule has 0 saturated heterocycles. The molecule has 0 bridgehead atoms. The molecule has 0 spiro atoms. The van der Waals surface area contributed by atoms with Crippen molar-refractivity contribution in [2.75, 3.05) is 13.2 Å². The molecule has 0 heterocycles. The molecule has 0 aliphatic heterocycles. The molecule has 0 aromatic carbocycles. The summed E-state index contributed by atoms with van der Waals surface area (Å²) < 4.78 is 5.47. The van der Waals surface area contributed by atoms with Gasteiger partial charge in [0, 0.05) is 12.8 Å². The van der Waals surface area contributed by atoms with Gasteiger partial charge in [-0.05, 0) is 57.8 Å². The summed E-state index contributed by atoms with van der Waals surface area (Å²) in [4.78, 5) is 24.6. The van der Waals surface area contributed by atoms with E-state index in [1.807, 2.05) is 6.08 Å². The number of aliphatic hydroxyl groups is 2. The van der Waals surface area contributed by atoms with Gasteiger partial charge in [0.25, 0.3) is 0 Å². The van der Waals surface area contributed by atoms with Gasteiger partial charge in [0.1, 0.15) is 0 Å². The maximum absolute atomic E-state index is 12.5. The van der Waals surface area contributed by atoms with Crippen LogP contribution < -0.4 is 5.32 Å². The molecule has 3 N–H and O–H groups in total. The number of hydrogen-bond donors (Lipinski definition) is 3. The fourth-order valence-electron chi connectivity index (χ4n) is 10.3. The molecule has 2 atom stereocenters. The Morgan fingerprint density at radius 2 is 0.689 bits per heavy atom. The van der Waals surface area contributed by atoms with Crippen LogP contribution in [0.2, 0.25) is 0 Å². The van der Waals surface area contributed by atoms with Crippen LogP contribution in [0.3, 0.4) is 0 Å². The average Bonchev–Trinajstić information content (AvgIpc) is 3.40. The summed E-state index contributed by atoms with van der Waals surface area (Å²) in [5.41, 5.74) is 0. The van der Waals surface area contributed by atoms with E-state index in [4.69, 9.17) is 4.74 Å². The van der Waals surface area contributed by atoms with Gasteiger partial charge < -0.3 is 20.3 Å². The van der Waals surface area contributed by atoms with E-state index in [-0.39, 0.29) is 18.5 Å². The predicted octanol–water partition coefficient (Wildman–Crippen LogP) is 21.1. The van der Waals surface area contributed by atoms with E-state index in [2.05, 4.69) is 43.5 Å². The molecular weight excluding hydrogens is 911 g/mol. The monoisotopic (exact) mass is 1040 g/mol. The van der Waals surface area contributed by atoms with E-state index >= 15 is 0 Å². The lowest BCUT2D eigenvalue weighted by Gasteiger charge is -2.20. The zero-order valence-electron chi connectivity index (χ0n) is 49.8. The highest BCUT2D eigenvalue weighted by Crippen LogP contribution is 2.18. The van der Waals surface area contributed by atoms with Crippen LogP contribution in [0.15, 0.2) is 36.5 Å². The number of esters is 1. The number of amides is 1. The number of hydrogen-bond acceptors (Lipinski definition) is 5. The van der Waals surface area contributed by atoms with Crippen molar-refractivity contribution in [2.45, 2.75) is 373 Å². The summed E-state index contributed by atoms with van der Waals surface area (Å²) in [6.45, 7) is 4.88. The lowest BCUT2D eigenvalue weighted by Crippen LogP contribution is -2.45. The average molecular weight is 1040 g/mol. The minimum atomic E-state index is -0.849. The highest BCUT2D eigenvalue weighted by molar-refractivity contribution is 5.76. The third kappa shape index (κ3) is 59.3. The van der Waals surface area contributed by atoms with Crippen LogP contribution in [-0.4, -0.2) is 47.4 Å². The molecule has 0 fully saturated rings. The molecule has 436 valence electrons. The van der Waals surface area contributed by atoms with Gasteiger partial charge in [0.05, 0.1) is 25.4 Å². The van der Waals surface area contributed by atoms with Crippen molar-refractivity contribution in [3.8, 4) is 0 Å². The Kier molecular flexibility index (Phi) is 62.0. The van der Waals surface area contributed by atoms with Crippen LogP contribution in [0.4, 0.5) is 0 Å². The summed E-state index contributed by atoms with van der Waals surface area (Å²) in [6, 6.07) is -0.632. The Labute approximate surface area is 462 Å². The standard InChI is InChI=1S/C68H129NO5/c1-3-5-7-9-11-13-15-17-19-20-21-22-23-24-25-27-30-33-36-40-44-48-52-56-60-66(71)65(64-70)69-67(72)61-57-53-49-45-41-37-34-31-28-26-29-32-35-39-43-47-51-55-59-63-74-68(73)62-58-54-50-46-42-38-18-16-14-12-10-8-6-4-2/h10,12,16,18,56,60,65-66,70-71H,3-9,11,13-15,17,19-55,57-59,61-64H2,1-2H3,(H,69,72)/b12-10-,18-16-,60-56+. The quantitative estimate of drug-likeness (QED) is 0.0320. The fraction of sp³-hybridized carbons (Fsp3) is 0.882. The Hall–Kier alpha value is -1.92. The van der Waals surface area contributed by atoms with Crippen molar-refractivity contribution in [1.82, 2.24) is 5.32 Å². The third-order valence-electron chi connectivity index (χ3n) is 15.4. The van der Waals surface area contributed by atoms with Gasteiger partial charge in [0.15, 0.2) is 0 Å². The van der Waals surface area contributed by atoms with Crippen LogP contribution in [-0.2, 0) is 14.3 Å². The lowest BCUT2D eigenvalue weighted by atomic mass is 10.0. The number of ether oxygens (including phenoxy) is 1. The van der Waals surface area contributed by atoms with E-state index in [1.54, 1.807) is 6.08 Å². The van der Waals surface area contributed by atoms with E-state index in [0.717, 1.165) is 51.4 Å². The first-order valence-electron chi connectivity index (χ1n) is 33.3. The van der Waals surface area contributed by atoms with Crippen molar-refractivity contribution in [1.29, 1.82) is 0 Å². The Morgan fingerprint density at radius 1 is 0.378 bits per heavy atom. The van der Waals surface area contributed by atoms with E-state index in [1.165, 1.54) is 283 Å². The van der Waals surface area contributed by atoms with E-state index < -0.39 is 12.1 Å². The number of rotatable bonds is 62. The highest BCUT2D eigenvalue weighted by atomic mass is 16.5. The Bertz CT molecular complexity index is 1200. The molecule has 6 heteroatoms. The fourth-order valence-corrected chi connectivity index (χ4v) is 10.3. The third-order valence-corrected chi connectivity index (χ3v) is 15.4. The SMILES string of the molecule is CCCC/C=C\C/C=C\CCCCCCCC(=O)OCCCCCCCCCCCCCCCCCCCCCC(=O)NC(CO)C(O)/C=C/CCCCCCCCCCCCCCCCCCCCCCCC. The highest BCUT2D eigenvalue weighted by Gasteiger charge is 2.18. The van der Waals surface area contributed by atoms with Crippen molar-refractivity contribution >= 4 is 11.9 Å². The van der Waals surface area contributed by atoms with Gasteiger partial charge in [-0.2, -0.15) is 0 Å². The predicted molar refractivity (Wildman–Crippen MR) is 324 cm³/mol. The second kappa shape index (κ2) is 63.6. The van der Waals surface area contributed by atoms with Gasteiger partial charge in [0.2, 0.25) is 5.91 Å². The largest absolute Gasteiger partial charge is 0.466 e. The molecule has 0 aliphatic rings. The number of allylic oxidation sites excluding steroid dienone is 5. The van der Waals surface area contributed by atoms with E-state index in [0.29, 0.717) is 19.4 Å². The minimum Gasteiger partial charge on any atom is -0.466 e. The Balaban J connectivity index is 3.44. The Morgan fingerprint density at radius 3 is 1.07 bits per heavy atom. The zero-order valence-corrected chi connectivity index (χ0v) is 49.8. The summed E-state index contributed by atoms with van der Waals surface area (Å²) in [7, 11) is 0. The first kappa shape index (κ1) is 72.1. The van der Waals surface area contributed by atoms with Crippen LogP contribution >= 0.6 is 0 Å². The van der Waals surface area contributed by atoms with Crippen molar-refractivity contribution in [3.05, 3.63) is 36.5 Å². The molecule has 0 aromatic rings. The molecule has 1 amide bonds. The lowest BCUT2D eigenvalue weighted by molar-refractivity contribution is -0.143. The number of carbonyl (C=O) groups is 2. The summed E-state index contributed by atoms with van der Waals surface area (Å²) >= 11 is 0. The van der Waals surface area contributed by atoms with Crippen molar-refractivity contribution < 1.29 is 24.5 Å². The van der Waals surface area contributed by atoms with Gasteiger partial charge in [-0.1, -0.05) is 326 Å². The first-order valence-corrected chi connectivity index (χ1v) is 33.3. The van der Waals surface area contributed by atoms with Crippen molar-refractivity contribution in [2.24, 2.45) is 0 Å². The molecule has 2 unspecified atom stereocenters. The zero-order chi connectivity index (χ0) is 53.6. The van der Waals surface area contributed by atoms with Crippen molar-refractivity contribution in [3.63, 3.8) is 0 Å². The summed E-state index contributed by atoms with van der Waals surface area (Å²) in [6.07, 6.45) is 80.5. The summed E-state index contributed by atoms with van der Waals surface area (Å²) in [5, 5.41) is 23.3. The maximum Gasteiger partial charge on any atom is 0.305 e. The first-order chi connectivity index (χ1) is 36.5. The number of carbonyl (C=O) groups excluding carboxylic acids is 2. The van der Waals surface area contributed by atoms with Crippen LogP contribution in [0.25, 0.3) is 0 Å². The molecule has 0 saturated carbocycles. The van der Waals surface area contributed by atoms with Crippen LogP contribution in [0.5, 0.6) is 0 Å². The van der Waals surface area contributed by atoms with E-state index in [9.17, 15) is 19.8 Å². The van der Waals surface area contributed by atoms with Gasteiger partial charge in [-0.15, -0.1) is 0 Å². The molecular formula is C68H129NO5. The van der Waals surface area contributed by atoms with Gasteiger partial charge in [-0.3, -0.25) is 9.59 Å². The molecule has 0 radical (unpaired) electrons. The topological polar surface area (TPSA) is 95.9 Å². The minimum absolute atomic E-state index is 0.00584. The normalized spacial score (nSPS) is 12.8. The van der Waals surface area contributed by atoms with Gasteiger partial charge in [-0.25, -0.2) is 0 Å². The van der Waals surface area contributed by atoms with Crippen LogP contribution in [0, 0.1) is 0 Å². The second-order valence-electron chi connectivity index (χ2n) is 22.8. The number of nitrogens with one attached hydrogen (secondary N) is 1. The second-order valence-corrected chi connectivity index (χ2v) is 22.8.